The molecule has 0 aliphatic carbocycles. The predicted molar refractivity (Wildman–Crippen MR) is 107 cm³/mol. The van der Waals surface area contributed by atoms with Crippen LogP contribution in [0.1, 0.15) is 17.3 Å². The first kappa shape index (κ1) is 21.0. The second-order valence-electron chi connectivity index (χ2n) is 6.12. The highest BCUT2D eigenvalue weighted by molar-refractivity contribution is 6.06. The van der Waals surface area contributed by atoms with E-state index in [0.29, 0.717) is 29.4 Å². The summed E-state index contributed by atoms with van der Waals surface area (Å²) in [5, 5.41) is 6.18. The summed E-state index contributed by atoms with van der Waals surface area (Å²) in [5.74, 6) is -0.258. The highest BCUT2D eigenvalue weighted by atomic mass is 16.5. The van der Waals surface area contributed by atoms with E-state index in [-0.39, 0.29) is 18.6 Å². The molecular weight excluding hydrogens is 362 g/mol. The van der Waals surface area contributed by atoms with E-state index in [1.165, 1.54) is 13.2 Å². The summed E-state index contributed by atoms with van der Waals surface area (Å²) >= 11 is 0. The SMILES string of the molecule is COC[C@@H](C)Nc1ccccc1NC(=O)c1ccc(OCC(N)=O)c(OC)c1. The molecule has 0 aliphatic heterocycles. The number of anilines is 2. The number of amides is 2. The van der Waals surface area contributed by atoms with E-state index in [9.17, 15) is 9.59 Å². The predicted octanol–water partition coefficient (Wildman–Crippen LogP) is 2.26. The summed E-state index contributed by atoms with van der Waals surface area (Å²) in [6.07, 6.45) is 0. The molecule has 8 nitrogen and oxygen atoms in total. The smallest absolute Gasteiger partial charge is 0.255 e. The van der Waals surface area contributed by atoms with Gasteiger partial charge in [-0.1, -0.05) is 12.1 Å². The fraction of sp³-hybridized carbons (Fsp3) is 0.300. The molecule has 2 aromatic carbocycles. The first-order valence-corrected chi connectivity index (χ1v) is 8.69. The normalized spacial score (nSPS) is 11.4. The van der Waals surface area contributed by atoms with Crippen LogP contribution in [0.25, 0.3) is 0 Å². The van der Waals surface area contributed by atoms with E-state index in [0.717, 1.165) is 5.69 Å². The Balaban J connectivity index is 2.16. The summed E-state index contributed by atoms with van der Waals surface area (Å²) in [6, 6.07) is 12.2. The fourth-order valence-corrected chi connectivity index (χ4v) is 2.55. The van der Waals surface area contributed by atoms with E-state index in [1.54, 1.807) is 25.3 Å². The van der Waals surface area contributed by atoms with Crippen molar-refractivity contribution in [3.05, 3.63) is 48.0 Å². The molecule has 0 heterocycles. The minimum Gasteiger partial charge on any atom is -0.493 e. The Morgan fingerprint density at radius 2 is 1.79 bits per heavy atom. The number of nitrogens with two attached hydrogens (primary N) is 1. The van der Waals surface area contributed by atoms with Gasteiger partial charge < -0.3 is 30.6 Å². The van der Waals surface area contributed by atoms with Crippen LogP contribution in [0.5, 0.6) is 11.5 Å². The Hall–Kier alpha value is -3.26. The molecule has 28 heavy (non-hydrogen) atoms. The molecule has 0 unspecified atom stereocenters. The van der Waals surface area contributed by atoms with Crippen LogP contribution in [0.4, 0.5) is 11.4 Å². The van der Waals surface area contributed by atoms with Crippen LogP contribution in [0.15, 0.2) is 42.5 Å². The molecule has 1 atom stereocenters. The van der Waals surface area contributed by atoms with Crippen molar-refractivity contribution in [2.75, 3.05) is 38.1 Å². The van der Waals surface area contributed by atoms with E-state index in [2.05, 4.69) is 10.6 Å². The number of benzene rings is 2. The van der Waals surface area contributed by atoms with Crippen molar-refractivity contribution in [3.8, 4) is 11.5 Å². The maximum atomic E-state index is 12.7. The molecule has 0 aliphatic rings. The van der Waals surface area contributed by atoms with E-state index >= 15 is 0 Å². The lowest BCUT2D eigenvalue weighted by molar-refractivity contribution is -0.119. The highest BCUT2D eigenvalue weighted by Crippen LogP contribution is 2.29. The van der Waals surface area contributed by atoms with Crippen LogP contribution < -0.4 is 25.8 Å². The Bertz CT molecular complexity index is 825. The van der Waals surface area contributed by atoms with Gasteiger partial charge in [-0.25, -0.2) is 0 Å². The average molecular weight is 387 g/mol. The standard InChI is InChI=1S/C20H25N3O5/c1-13(11-26-2)22-15-6-4-5-7-16(15)23-20(25)14-8-9-17(18(10-14)27-3)28-12-19(21)24/h4-10,13,22H,11-12H2,1-3H3,(H2,21,24)(H,23,25)/t13-/m1/s1. The summed E-state index contributed by atoms with van der Waals surface area (Å²) in [6.45, 7) is 2.24. The Morgan fingerprint density at radius 3 is 2.43 bits per heavy atom. The summed E-state index contributed by atoms with van der Waals surface area (Å²) < 4.78 is 15.6. The van der Waals surface area contributed by atoms with E-state index in [1.807, 2.05) is 25.1 Å². The van der Waals surface area contributed by atoms with Crippen molar-refractivity contribution in [3.63, 3.8) is 0 Å². The van der Waals surface area contributed by atoms with Crippen molar-refractivity contribution in [1.29, 1.82) is 0 Å². The topological polar surface area (TPSA) is 112 Å². The zero-order chi connectivity index (χ0) is 20.5. The molecule has 0 saturated heterocycles. The molecule has 0 bridgehead atoms. The van der Waals surface area contributed by atoms with Gasteiger partial charge in [0.1, 0.15) is 0 Å². The molecule has 2 aromatic rings. The summed E-state index contributed by atoms with van der Waals surface area (Å²) in [5.41, 5.74) is 6.89. The maximum absolute atomic E-state index is 12.7. The van der Waals surface area contributed by atoms with Crippen LogP contribution in [-0.2, 0) is 9.53 Å². The van der Waals surface area contributed by atoms with Crippen LogP contribution in [0.3, 0.4) is 0 Å². The van der Waals surface area contributed by atoms with Gasteiger partial charge in [0.05, 0.1) is 25.1 Å². The minimum absolute atomic E-state index is 0.0739. The zero-order valence-electron chi connectivity index (χ0n) is 16.2. The van der Waals surface area contributed by atoms with Gasteiger partial charge in [-0.3, -0.25) is 9.59 Å². The molecule has 150 valence electrons. The van der Waals surface area contributed by atoms with Gasteiger partial charge in [-0.05, 0) is 37.3 Å². The van der Waals surface area contributed by atoms with Gasteiger partial charge in [0.25, 0.3) is 11.8 Å². The summed E-state index contributed by atoms with van der Waals surface area (Å²) in [7, 11) is 3.08. The van der Waals surface area contributed by atoms with Gasteiger partial charge in [0, 0.05) is 18.7 Å². The van der Waals surface area contributed by atoms with Crippen molar-refractivity contribution in [1.82, 2.24) is 0 Å². The average Bonchev–Trinajstić information content (AvgIpc) is 2.67. The number of rotatable bonds is 10. The Kier molecular flexibility index (Phi) is 7.65. The molecule has 0 saturated carbocycles. The van der Waals surface area contributed by atoms with Gasteiger partial charge in [-0.2, -0.15) is 0 Å². The lowest BCUT2D eigenvalue weighted by Gasteiger charge is -2.18. The molecule has 0 fully saturated rings. The van der Waals surface area contributed by atoms with E-state index in [4.69, 9.17) is 19.9 Å². The molecule has 4 N–H and O–H groups in total. The molecule has 0 spiro atoms. The lowest BCUT2D eigenvalue weighted by Crippen LogP contribution is -2.22. The number of nitrogens with one attached hydrogen (secondary N) is 2. The van der Waals surface area contributed by atoms with Crippen molar-refractivity contribution >= 4 is 23.2 Å². The second kappa shape index (κ2) is 10.2. The number of hydrogen-bond acceptors (Lipinski definition) is 6. The van der Waals surface area contributed by atoms with E-state index < -0.39 is 5.91 Å². The van der Waals surface area contributed by atoms with Gasteiger partial charge >= 0.3 is 0 Å². The zero-order valence-corrected chi connectivity index (χ0v) is 16.2. The summed E-state index contributed by atoms with van der Waals surface area (Å²) in [4.78, 5) is 23.6. The highest BCUT2D eigenvalue weighted by Gasteiger charge is 2.14. The van der Waals surface area contributed by atoms with Gasteiger partial charge in [0.2, 0.25) is 0 Å². The van der Waals surface area contributed by atoms with Crippen molar-refractivity contribution in [2.24, 2.45) is 5.73 Å². The lowest BCUT2D eigenvalue weighted by atomic mass is 10.1. The quantitative estimate of drug-likeness (QED) is 0.577. The largest absolute Gasteiger partial charge is 0.493 e. The third kappa shape index (κ3) is 5.88. The fourth-order valence-electron chi connectivity index (χ4n) is 2.55. The van der Waals surface area contributed by atoms with Crippen LogP contribution >= 0.6 is 0 Å². The third-order valence-corrected chi connectivity index (χ3v) is 3.79. The third-order valence-electron chi connectivity index (χ3n) is 3.79. The van der Waals surface area contributed by atoms with Crippen molar-refractivity contribution < 1.29 is 23.8 Å². The first-order chi connectivity index (χ1) is 13.4. The van der Waals surface area contributed by atoms with Gasteiger partial charge in [-0.15, -0.1) is 0 Å². The molecule has 0 aromatic heterocycles. The number of para-hydroxylation sites is 2. The Labute approximate surface area is 164 Å². The van der Waals surface area contributed by atoms with Crippen LogP contribution in [0, 0.1) is 0 Å². The molecule has 2 rings (SSSR count). The van der Waals surface area contributed by atoms with Gasteiger partial charge in [0.15, 0.2) is 18.1 Å². The molecule has 0 radical (unpaired) electrons. The monoisotopic (exact) mass is 387 g/mol. The number of methoxy groups -OCH3 is 2. The number of carbonyl (C=O) groups is 2. The van der Waals surface area contributed by atoms with Crippen LogP contribution in [0.2, 0.25) is 0 Å². The molecular formula is C20H25N3O5. The minimum atomic E-state index is -0.601. The van der Waals surface area contributed by atoms with Crippen molar-refractivity contribution in [2.45, 2.75) is 13.0 Å². The first-order valence-electron chi connectivity index (χ1n) is 8.69. The second-order valence-corrected chi connectivity index (χ2v) is 6.12. The number of carbonyl (C=O) groups excluding carboxylic acids is 2. The number of hydrogen-bond donors (Lipinski definition) is 3. The Morgan fingerprint density at radius 1 is 1.07 bits per heavy atom. The number of ether oxygens (including phenoxy) is 3. The molecule has 2 amide bonds. The van der Waals surface area contributed by atoms with Crippen LogP contribution in [-0.4, -0.2) is 45.3 Å². The maximum Gasteiger partial charge on any atom is 0.255 e. The number of primary amides is 1. The molecule has 8 heteroatoms.